The second-order valence-electron chi connectivity index (χ2n) is 6.65. The van der Waals surface area contributed by atoms with E-state index in [9.17, 15) is 14.7 Å². The van der Waals surface area contributed by atoms with Crippen LogP contribution in [0.25, 0.3) is 0 Å². The number of carbonyl (C=O) groups is 2. The van der Waals surface area contributed by atoms with Gasteiger partial charge in [0.25, 0.3) is 0 Å². The molecule has 3 atom stereocenters. The summed E-state index contributed by atoms with van der Waals surface area (Å²) in [6.07, 6.45) is 0.805. The van der Waals surface area contributed by atoms with Crippen molar-refractivity contribution in [1.29, 1.82) is 0 Å². The lowest BCUT2D eigenvalue weighted by atomic mass is 9.89. The van der Waals surface area contributed by atoms with Gasteiger partial charge in [-0.15, -0.1) is 0 Å². The number of benzene rings is 1. The van der Waals surface area contributed by atoms with Gasteiger partial charge in [-0.3, -0.25) is 9.59 Å². The lowest BCUT2D eigenvalue weighted by Gasteiger charge is -2.34. The first kappa shape index (κ1) is 24.5. The van der Waals surface area contributed by atoms with Gasteiger partial charge in [-0.05, 0) is 47.2 Å². The van der Waals surface area contributed by atoms with Crippen molar-refractivity contribution in [2.75, 3.05) is 40.5 Å². The van der Waals surface area contributed by atoms with Crippen LogP contribution >= 0.6 is 22.6 Å². The van der Waals surface area contributed by atoms with Crippen LogP contribution in [-0.2, 0) is 9.53 Å². The zero-order valence-electron chi connectivity index (χ0n) is 16.9. The summed E-state index contributed by atoms with van der Waals surface area (Å²) in [6, 6.07) is 2.75. The van der Waals surface area contributed by atoms with Crippen LogP contribution < -0.4 is 20.1 Å². The average molecular weight is 534 g/mol. The third kappa shape index (κ3) is 6.38. The lowest BCUT2D eigenvalue weighted by Crippen LogP contribution is -2.52. The van der Waals surface area contributed by atoms with E-state index in [4.69, 9.17) is 19.3 Å². The van der Waals surface area contributed by atoms with E-state index in [1.807, 2.05) is 22.6 Å². The minimum absolute atomic E-state index is 0.130. The number of carbonyl (C=O) groups excluding carboxylic acids is 2. The second-order valence-corrected chi connectivity index (χ2v) is 7.82. The second kappa shape index (κ2) is 12.2. The Labute approximate surface area is 188 Å². The number of halogens is 1. The molecule has 166 valence electrons. The van der Waals surface area contributed by atoms with E-state index in [-0.39, 0.29) is 19.1 Å². The number of aldehydes is 1. The van der Waals surface area contributed by atoms with E-state index in [2.05, 4.69) is 10.6 Å². The summed E-state index contributed by atoms with van der Waals surface area (Å²) in [5, 5.41) is 25.7. The molecule has 0 radical (unpaired) electrons. The summed E-state index contributed by atoms with van der Waals surface area (Å²) in [5.74, 6) is 0.392. The number of hydrogen-bond donors (Lipinski definition) is 4. The molecule has 1 amide bonds. The fourth-order valence-electron chi connectivity index (χ4n) is 3.10. The Morgan fingerprint density at radius 2 is 2.10 bits per heavy atom. The van der Waals surface area contributed by atoms with Crippen LogP contribution in [0.4, 0.5) is 0 Å². The molecule has 0 fully saturated rings. The molecule has 4 N–H and O–H groups in total. The van der Waals surface area contributed by atoms with Crippen molar-refractivity contribution < 1.29 is 34.0 Å². The van der Waals surface area contributed by atoms with Gasteiger partial charge >= 0.3 is 0 Å². The molecule has 0 saturated heterocycles. The molecule has 0 heterocycles. The molecule has 0 aromatic heterocycles. The molecule has 1 aromatic carbocycles. The quantitative estimate of drug-likeness (QED) is 0.181. The molecule has 2 rings (SSSR count). The van der Waals surface area contributed by atoms with Crippen LogP contribution in [0.1, 0.15) is 16.8 Å². The monoisotopic (exact) mass is 534 g/mol. The summed E-state index contributed by atoms with van der Waals surface area (Å²) < 4.78 is 17.1. The Hall–Kier alpha value is -1.73. The molecule has 0 bridgehead atoms. The predicted octanol–water partition coefficient (Wildman–Crippen LogP) is 0.264. The maximum Gasteiger partial charge on any atom is 0.247 e. The van der Waals surface area contributed by atoms with Gasteiger partial charge in [0.2, 0.25) is 5.91 Å². The Morgan fingerprint density at radius 1 is 1.33 bits per heavy atom. The summed E-state index contributed by atoms with van der Waals surface area (Å²) in [6.45, 7) is 0.898. The summed E-state index contributed by atoms with van der Waals surface area (Å²) in [4.78, 5) is 23.6. The average Bonchev–Trinajstić information content (AvgIpc) is 2.75. The summed E-state index contributed by atoms with van der Waals surface area (Å²) in [7, 11) is 3.04. The molecule has 0 spiro atoms. The molecule has 9 nitrogen and oxygen atoms in total. The molecule has 0 aliphatic heterocycles. The fourth-order valence-corrected chi connectivity index (χ4v) is 3.86. The molecule has 0 saturated carbocycles. The first-order valence-corrected chi connectivity index (χ1v) is 10.5. The third-order valence-corrected chi connectivity index (χ3v) is 5.40. The Balaban J connectivity index is 2.32. The van der Waals surface area contributed by atoms with E-state index in [0.29, 0.717) is 52.1 Å². The SMILES string of the molecule is COCCNC1CC(C(=O)NCCO)=CC(Oc2c(I)cc(C=O)cc2OC)C1O. The number of rotatable bonds is 11. The molecular formula is C20H27IN2O7. The zero-order valence-corrected chi connectivity index (χ0v) is 19.0. The normalized spacial score (nSPS) is 21.0. The van der Waals surface area contributed by atoms with Crippen molar-refractivity contribution in [3.8, 4) is 11.5 Å². The highest BCUT2D eigenvalue weighted by molar-refractivity contribution is 14.1. The zero-order chi connectivity index (χ0) is 22.1. The van der Waals surface area contributed by atoms with Gasteiger partial charge in [-0.2, -0.15) is 0 Å². The Morgan fingerprint density at radius 3 is 2.73 bits per heavy atom. The first-order chi connectivity index (χ1) is 14.4. The van der Waals surface area contributed by atoms with Crippen LogP contribution in [0.3, 0.4) is 0 Å². The topological polar surface area (TPSA) is 126 Å². The number of aliphatic hydroxyl groups is 2. The molecular weight excluding hydrogens is 507 g/mol. The van der Waals surface area contributed by atoms with Crippen molar-refractivity contribution in [2.45, 2.75) is 24.7 Å². The number of methoxy groups -OCH3 is 2. The van der Waals surface area contributed by atoms with Crippen LogP contribution in [0, 0.1) is 3.57 Å². The van der Waals surface area contributed by atoms with Crippen molar-refractivity contribution in [3.05, 3.63) is 32.9 Å². The van der Waals surface area contributed by atoms with E-state index in [1.165, 1.54) is 7.11 Å². The number of amides is 1. The van der Waals surface area contributed by atoms with Crippen molar-refractivity contribution >= 4 is 34.8 Å². The van der Waals surface area contributed by atoms with Gasteiger partial charge in [0, 0.05) is 37.4 Å². The number of hydrogen-bond acceptors (Lipinski definition) is 8. The van der Waals surface area contributed by atoms with Crippen molar-refractivity contribution in [2.24, 2.45) is 0 Å². The lowest BCUT2D eigenvalue weighted by molar-refractivity contribution is -0.118. The standard InChI is InChI=1S/C20H27IN2O7/c1-28-6-4-22-15-9-13(20(27)23-3-5-24)10-16(18(15)26)30-19-14(21)7-12(11-25)8-17(19)29-2/h7-8,10-11,15-16,18,22,24,26H,3-6,9H2,1-2H3,(H,23,27). The largest absolute Gasteiger partial charge is 0.493 e. The third-order valence-electron chi connectivity index (χ3n) is 4.60. The Kier molecular flexibility index (Phi) is 9.98. The minimum atomic E-state index is -0.942. The minimum Gasteiger partial charge on any atom is -0.493 e. The molecule has 30 heavy (non-hydrogen) atoms. The van der Waals surface area contributed by atoms with Gasteiger partial charge in [0.15, 0.2) is 11.5 Å². The number of nitrogens with one attached hydrogen (secondary N) is 2. The van der Waals surface area contributed by atoms with E-state index >= 15 is 0 Å². The number of aliphatic hydroxyl groups excluding tert-OH is 2. The van der Waals surface area contributed by atoms with Crippen molar-refractivity contribution in [3.63, 3.8) is 0 Å². The number of ether oxygens (including phenoxy) is 3. The highest BCUT2D eigenvalue weighted by Gasteiger charge is 2.36. The van der Waals surface area contributed by atoms with E-state index in [0.717, 1.165) is 0 Å². The maximum absolute atomic E-state index is 12.5. The van der Waals surface area contributed by atoms with E-state index < -0.39 is 18.2 Å². The van der Waals surface area contributed by atoms with Crippen LogP contribution in [-0.4, -0.2) is 81.2 Å². The highest BCUT2D eigenvalue weighted by atomic mass is 127. The van der Waals surface area contributed by atoms with Crippen LogP contribution in [0.5, 0.6) is 11.5 Å². The smallest absolute Gasteiger partial charge is 0.247 e. The fraction of sp³-hybridized carbons (Fsp3) is 0.500. The van der Waals surface area contributed by atoms with E-state index in [1.54, 1.807) is 25.3 Å². The summed E-state index contributed by atoms with van der Waals surface area (Å²) >= 11 is 2.03. The highest BCUT2D eigenvalue weighted by Crippen LogP contribution is 2.36. The maximum atomic E-state index is 12.5. The van der Waals surface area contributed by atoms with Crippen LogP contribution in [0.2, 0.25) is 0 Å². The Bertz CT molecular complexity index is 772. The van der Waals surface area contributed by atoms with Gasteiger partial charge in [-0.25, -0.2) is 0 Å². The molecule has 10 heteroatoms. The molecule has 3 unspecified atom stereocenters. The molecule has 1 aliphatic carbocycles. The first-order valence-electron chi connectivity index (χ1n) is 9.44. The van der Waals surface area contributed by atoms with Gasteiger partial charge in [-0.1, -0.05) is 0 Å². The summed E-state index contributed by atoms with van der Waals surface area (Å²) in [5.41, 5.74) is 0.874. The molecule has 1 aliphatic rings. The van der Waals surface area contributed by atoms with Gasteiger partial charge in [0.1, 0.15) is 18.5 Å². The van der Waals surface area contributed by atoms with Crippen molar-refractivity contribution in [1.82, 2.24) is 10.6 Å². The van der Waals surface area contributed by atoms with Crippen LogP contribution in [0.15, 0.2) is 23.8 Å². The van der Waals surface area contributed by atoms with Gasteiger partial charge < -0.3 is 35.1 Å². The predicted molar refractivity (Wildman–Crippen MR) is 118 cm³/mol. The molecule has 1 aromatic rings. The van der Waals surface area contributed by atoms with Gasteiger partial charge in [0.05, 0.1) is 23.9 Å².